The van der Waals surface area contributed by atoms with Crippen molar-refractivity contribution in [3.63, 3.8) is 0 Å². The van der Waals surface area contributed by atoms with Gasteiger partial charge in [0.05, 0.1) is 18.1 Å². The van der Waals surface area contributed by atoms with Gasteiger partial charge < -0.3 is 14.2 Å². The van der Waals surface area contributed by atoms with Crippen molar-refractivity contribution in [1.82, 2.24) is 0 Å². The summed E-state index contributed by atoms with van der Waals surface area (Å²) < 4.78 is 14.7. The second kappa shape index (κ2) is 7.59. The summed E-state index contributed by atoms with van der Waals surface area (Å²) in [5.41, 5.74) is 0.662. The number of hydrogen-bond donors (Lipinski definition) is 0. The maximum absolute atomic E-state index is 12.3. The summed E-state index contributed by atoms with van der Waals surface area (Å²) in [4.78, 5) is 40.2. The molecule has 0 bridgehead atoms. The SMILES string of the molecule is COC(=O)C1C(C)=NC(C)=C(C(=O)OCOC(=O)C(C)(C)C)C1C. The van der Waals surface area contributed by atoms with Gasteiger partial charge in [-0.3, -0.25) is 14.6 Å². The first-order valence-electron chi connectivity index (χ1n) is 7.68. The third kappa shape index (κ3) is 4.43. The lowest BCUT2D eigenvalue weighted by molar-refractivity contribution is -0.171. The fourth-order valence-electron chi connectivity index (χ4n) is 2.52. The third-order valence-corrected chi connectivity index (χ3v) is 3.81. The van der Waals surface area contributed by atoms with E-state index in [1.807, 2.05) is 0 Å². The molecular weight excluding hydrogens is 314 g/mol. The van der Waals surface area contributed by atoms with E-state index >= 15 is 0 Å². The molecular formula is C17H25NO6. The highest BCUT2D eigenvalue weighted by atomic mass is 16.7. The van der Waals surface area contributed by atoms with Gasteiger partial charge >= 0.3 is 17.9 Å². The molecule has 0 saturated carbocycles. The summed E-state index contributed by atoms with van der Waals surface area (Å²) in [6.07, 6.45) is 0. The van der Waals surface area contributed by atoms with E-state index in [-0.39, 0.29) is 5.57 Å². The third-order valence-electron chi connectivity index (χ3n) is 3.81. The van der Waals surface area contributed by atoms with Gasteiger partial charge in [0.25, 0.3) is 0 Å². The topological polar surface area (TPSA) is 91.3 Å². The molecule has 0 aliphatic carbocycles. The lowest BCUT2D eigenvalue weighted by Crippen LogP contribution is -2.36. The second-order valence-electron chi connectivity index (χ2n) is 6.77. The number of aliphatic imine (C=N–C) groups is 1. The summed E-state index contributed by atoms with van der Waals surface area (Å²) in [7, 11) is 1.29. The molecule has 1 aliphatic heterocycles. The standard InChI is InChI=1S/C17H25NO6/c1-9-12(14(19)22-7)10(2)18-11(3)13(9)15(20)23-8-24-16(21)17(4,5)6/h9,12H,8H2,1-7H3. The number of esters is 3. The van der Waals surface area contributed by atoms with Crippen molar-refractivity contribution in [2.24, 2.45) is 22.2 Å². The normalized spacial score (nSPS) is 21.0. The number of methoxy groups -OCH3 is 1. The van der Waals surface area contributed by atoms with E-state index in [0.717, 1.165) is 0 Å². The Morgan fingerprint density at radius 3 is 2.21 bits per heavy atom. The average molecular weight is 339 g/mol. The monoisotopic (exact) mass is 339 g/mol. The summed E-state index contributed by atoms with van der Waals surface area (Å²) in [6.45, 7) is 9.74. The average Bonchev–Trinajstić information content (AvgIpc) is 2.45. The van der Waals surface area contributed by atoms with Gasteiger partial charge in [-0.15, -0.1) is 0 Å². The maximum Gasteiger partial charge on any atom is 0.339 e. The van der Waals surface area contributed by atoms with Crippen LogP contribution >= 0.6 is 0 Å². The van der Waals surface area contributed by atoms with Crippen LogP contribution in [-0.4, -0.2) is 37.5 Å². The van der Waals surface area contributed by atoms with E-state index in [0.29, 0.717) is 11.4 Å². The van der Waals surface area contributed by atoms with Crippen LogP contribution in [-0.2, 0) is 28.6 Å². The van der Waals surface area contributed by atoms with Crippen LogP contribution in [0.2, 0.25) is 0 Å². The van der Waals surface area contributed by atoms with Gasteiger partial charge in [0, 0.05) is 17.3 Å². The summed E-state index contributed by atoms with van der Waals surface area (Å²) >= 11 is 0. The summed E-state index contributed by atoms with van der Waals surface area (Å²) in [6, 6.07) is 0. The number of hydrogen-bond acceptors (Lipinski definition) is 7. The molecule has 0 amide bonds. The minimum Gasteiger partial charge on any atom is -0.468 e. The highest BCUT2D eigenvalue weighted by molar-refractivity contribution is 6.05. The first kappa shape index (κ1) is 19.9. The molecule has 0 aromatic heterocycles. The van der Waals surface area contributed by atoms with Crippen LogP contribution in [0.1, 0.15) is 41.5 Å². The summed E-state index contributed by atoms with van der Waals surface area (Å²) in [5, 5.41) is 0. The molecule has 1 aliphatic rings. The van der Waals surface area contributed by atoms with Crippen molar-refractivity contribution in [1.29, 1.82) is 0 Å². The zero-order valence-corrected chi connectivity index (χ0v) is 15.3. The van der Waals surface area contributed by atoms with Crippen molar-refractivity contribution in [2.45, 2.75) is 41.5 Å². The van der Waals surface area contributed by atoms with Crippen molar-refractivity contribution in [3.05, 3.63) is 11.3 Å². The Hall–Kier alpha value is -2.18. The molecule has 2 unspecified atom stereocenters. The highest BCUT2D eigenvalue weighted by Crippen LogP contribution is 2.32. The lowest BCUT2D eigenvalue weighted by Gasteiger charge is -2.28. The van der Waals surface area contributed by atoms with Gasteiger partial charge in [0.1, 0.15) is 5.92 Å². The van der Waals surface area contributed by atoms with Crippen LogP contribution in [0, 0.1) is 17.3 Å². The Morgan fingerprint density at radius 1 is 1.12 bits per heavy atom. The molecule has 0 spiro atoms. The van der Waals surface area contributed by atoms with E-state index in [1.54, 1.807) is 41.5 Å². The van der Waals surface area contributed by atoms with Crippen molar-refractivity contribution in [2.75, 3.05) is 13.9 Å². The molecule has 7 heteroatoms. The molecule has 0 fully saturated rings. The number of ether oxygens (including phenoxy) is 3. The van der Waals surface area contributed by atoms with Crippen molar-refractivity contribution >= 4 is 23.6 Å². The molecule has 2 atom stereocenters. The Kier molecular flexibility index (Phi) is 6.29. The van der Waals surface area contributed by atoms with Gasteiger partial charge in [-0.2, -0.15) is 0 Å². The fraction of sp³-hybridized carbons (Fsp3) is 0.647. The van der Waals surface area contributed by atoms with Gasteiger partial charge in [-0.1, -0.05) is 6.92 Å². The molecule has 0 aromatic rings. The van der Waals surface area contributed by atoms with Crippen LogP contribution in [0.15, 0.2) is 16.3 Å². The summed E-state index contributed by atoms with van der Waals surface area (Å²) in [5.74, 6) is -2.68. The molecule has 7 nitrogen and oxygen atoms in total. The Bertz CT molecular complexity index is 597. The smallest absolute Gasteiger partial charge is 0.339 e. The Balaban J connectivity index is 2.84. The number of nitrogens with zero attached hydrogens (tertiary/aromatic N) is 1. The van der Waals surface area contributed by atoms with E-state index in [4.69, 9.17) is 14.2 Å². The molecule has 0 saturated heterocycles. The van der Waals surface area contributed by atoms with Gasteiger partial charge in [0.15, 0.2) is 0 Å². The zero-order chi connectivity index (χ0) is 18.7. The van der Waals surface area contributed by atoms with Crippen molar-refractivity contribution < 1.29 is 28.6 Å². The molecule has 24 heavy (non-hydrogen) atoms. The Morgan fingerprint density at radius 2 is 1.71 bits per heavy atom. The first-order chi connectivity index (χ1) is 11.0. The maximum atomic E-state index is 12.3. The van der Waals surface area contributed by atoms with E-state index in [1.165, 1.54) is 7.11 Å². The van der Waals surface area contributed by atoms with Crippen LogP contribution in [0.5, 0.6) is 0 Å². The van der Waals surface area contributed by atoms with E-state index in [2.05, 4.69) is 4.99 Å². The molecule has 0 aromatic carbocycles. The fourth-order valence-corrected chi connectivity index (χ4v) is 2.52. The van der Waals surface area contributed by atoms with Crippen LogP contribution in [0.25, 0.3) is 0 Å². The molecule has 0 radical (unpaired) electrons. The molecule has 134 valence electrons. The van der Waals surface area contributed by atoms with Gasteiger partial charge in [0.2, 0.25) is 6.79 Å². The number of rotatable bonds is 4. The van der Waals surface area contributed by atoms with Gasteiger partial charge in [-0.05, 0) is 34.6 Å². The second-order valence-corrected chi connectivity index (χ2v) is 6.77. The lowest BCUT2D eigenvalue weighted by atomic mass is 9.81. The number of carbonyl (C=O) groups is 3. The molecule has 1 rings (SSSR count). The van der Waals surface area contributed by atoms with E-state index in [9.17, 15) is 14.4 Å². The molecule has 1 heterocycles. The predicted molar refractivity (Wildman–Crippen MR) is 87.0 cm³/mol. The van der Waals surface area contributed by atoms with E-state index < -0.39 is 42.0 Å². The minimum atomic E-state index is -0.683. The predicted octanol–water partition coefficient (Wildman–Crippen LogP) is 2.25. The highest BCUT2D eigenvalue weighted by Gasteiger charge is 2.38. The first-order valence-corrected chi connectivity index (χ1v) is 7.68. The minimum absolute atomic E-state index is 0.280. The number of carbonyl (C=O) groups excluding carboxylic acids is 3. The largest absolute Gasteiger partial charge is 0.468 e. The zero-order valence-electron chi connectivity index (χ0n) is 15.3. The Labute approximate surface area is 142 Å². The molecule has 0 N–H and O–H groups in total. The van der Waals surface area contributed by atoms with Crippen molar-refractivity contribution in [3.8, 4) is 0 Å². The van der Waals surface area contributed by atoms with Crippen LogP contribution in [0.4, 0.5) is 0 Å². The number of allylic oxidation sites excluding steroid dienone is 1. The van der Waals surface area contributed by atoms with Crippen LogP contribution in [0.3, 0.4) is 0 Å². The van der Waals surface area contributed by atoms with Gasteiger partial charge in [-0.25, -0.2) is 4.79 Å². The quantitative estimate of drug-likeness (QED) is 0.576. The van der Waals surface area contributed by atoms with Crippen LogP contribution < -0.4 is 0 Å².